The Morgan fingerprint density at radius 1 is 1.04 bits per heavy atom. The Balaban J connectivity index is 1.76. The Morgan fingerprint density at radius 2 is 1.54 bits per heavy atom. The molecule has 0 aliphatic heterocycles. The molecule has 0 saturated heterocycles. The molecule has 3 fully saturated rings. The Morgan fingerprint density at radius 3 is 1.96 bits per heavy atom. The first-order chi connectivity index (χ1) is 12.0. The van der Waals surface area contributed by atoms with E-state index in [2.05, 4.69) is 0 Å². The molecule has 0 heterocycles. The molecule has 0 N–H and O–H groups in total. The molecule has 0 atom stereocenters. The van der Waals surface area contributed by atoms with Gasteiger partial charge in [0.25, 0.3) is 0 Å². The van der Waals surface area contributed by atoms with Crippen LogP contribution in [0.4, 0.5) is 13.2 Å². The minimum absolute atomic E-state index is 0.0877. The largest absolute Gasteiger partial charge is 0.469 e. The van der Waals surface area contributed by atoms with Crippen LogP contribution in [0.15, 0.2) is 29.2 Å². The zero-order valence-corrected chi connectivity index (χ0v) is 15.3. The molecule has 2 bridgehead atoms. The number of carbonyl (C=O) groups excluding carboxylic acids is 1. The van der Waals surface area contributed by atoms with Gasteiger partial charge in [0.05, 0.1) is 28.7 Å². The molecular weight excluding hydrogens is 369 g/mol. The zero-order chi connectivity index (χ0) is 19.2. The number of hydrogen-bond donors (Lipinski definition) is 0. The van der Waals surface area contributed by atoms with E-state index in [1.165, 1.54) is 7.11 Å². The van der Waals surface area contributed by atoms with E-state index in [0.29, 0.717) is 38.5 Å². The molecule has 144 valence electrons. The number of halogens is 3. The van der Waals surface area contributed by atoms with E-state index in [0.717, 1.165) is 24.3 Å². The number of hydrogen-bond acceptors (Lipinski definition) is 4. The summed E-state index contributed by atoms with van der Waals surface area (Å²) in [6.07, 6.45) is -0.858. The van der Waals surface area contributed by atoms with Crippen molar-refractivity contribution in [3.05, 3.63) is 29.8 Å². The predicted molar refractivity (Wildman–Crippen MR) is 88.1 cm³/mol. The second-order valence-corrected chi connectivity index (χ2v) is 9.54. The summed E-state index contributed by atoms with van der Waals surface area (Å²) in [6.45, 7) is 0. The normalized spacial score (nSPS) is 28.8. The van der Waals surface area contributed by atoms with E-state index < -0.39 is 32.4 Å². The minimum atomic E-state index is -4.50. The molecule has 4 nitrogen and oxygen atoms in total. The molecule has 0 amide bonds. The molecule has 1 aromatic carbocycles. The standard InChI is InChI=1S/C18H21F3O4S/c1-25-15(22)17-9-6-16(7-10-17,8-11-17)12-26(23,24)14-4-2-13(3-5-14)18(19,20)21/h2-5H,6-12H2,1H3. The number of alkyl halides is 3. The van der Waals surface area contributed by atoms with Crippen LogP contribution in [0.1, 0.15) is 44.1 Å². The van der Waals surface area contributed by atoms with Crippen molar-refractivity contribution in [3.8, 4) is 0 Å². The molecule has 4 rings (SSSR count). The van der Waals surface area contributed by atoms with Gasteiger partial charge in [-0.05, 0) is 68.2 Å². The van der Waals surface area contributed by atoms with E-state index in [4.69, 9.17) is 4.74 Å². The summed E-state index contributed by atoms with van der Waals surface area (Å²) in [6, 6.07) is 3.65. The molecule has 3 aliphatic carbocycles. The summed E-state index contributed by atoms with van der Waals surface area (Å²) in [4.78, 5) is 11.9. The van der Waals surface area contributed by atoms with Crippen molar-refractivity contribution in [2.24, 2.45) is 10.8 Å². The molecule has 0 unspecified atom stereocenters. The minimum Gasteiger partial charge on any atom is -0.469 e. The molecule has 8 heteroatoms. The van der Waals surface area contributed by atoms with Gasteiger partial charge in [-0.2, -0.15) is 13.2 Å². The fraction of sp³-hybridized carbons (Fsp3) is 0.611. The summed E-state index contributed by atoms with van der Waals surface area (Å²) >= 11 is 0. The van der Waals surface area contributed by atoms with Crippen molar-refractivity contribution in [1.29, 1.82) is 0 Å². The van der Waals surface area contributed by atoms with Gasteiger partial charge in [0.1, 0.15) is 0 Å². The smallest absolute Gasteiger partial charge is 0.416 e. The van der Waals surface area contributed by atoms with Gasteiger partial charge in [-0.3, -0.25) is 4.79 Å². The van der Waals surface area contributed by atoms with Crippen LogP contribution < -0.4 is 0 Å². The van der Waals surface area contributed by atoms with Crippen LogP contribution in [0.2, 0.25) is 0 Å². The highest BCUT2D eigenvalue weighted by Gasteiger charge is 2.54. The maximum absolute atomic E-state index is 12.7. The van der Waals surface area contributed by atoms with Crippen LogP contribution in [0.3, 0.4) is 0 Å². The Labute approximate surface area is 150 Å². The van der Waals surface area contributed by atoms with Crippen LogP contribution in [0.5, 0.6) is 0 Å². The van der Waals surface area contributed by atoms with Crippen molar-refractivity contribution in [2.45, 2.75) is 49.6 Å². The van der Waals surface area contributed by atoms with Gasteiger partial charge < -0.3 is 4.74 Å². The lowest BCUT2D eigenvalue weighted by atomic mass is 9.54. The first-order valence-electron chi connectivity index (χ1n) is 8.51. The van der Waals surface area contributed by atoms with Gasteiger partial charge in [0.2, 0.25) is 0 Å². The number of carbonyl (C=O) groups is 1. The first-order valence-corrected chi connectivity index (χ1v) is 10.2. The van der Waals surface area contributed by atoms with Crippen LogP contribution in [0.25, 0.3) is 0 Å². The number of esters is 1. The monoisotopic (exact) mass is 390 g/mol. The Hall–Kier alpha value is -1.57. The summed E-state index contributed by atoms with van der Waals surface area (Å²) in [7, 11) is -2.33. The Kier molecular flexibility index (Phi) is 4.61. The number of ether oxygens (including phenoxy) is 1. The van der Waals surface area contributed by atoms with Crippen molar-refractivity contribution in [3.63, 3.8) is 0 Å². The zero-order valence-electron chi connectivity index (χ0n) is 14.4. The lowest BCUT2D eigenvalue weighted by Gasteiger charge is -2.51. The molecule has 0 spiro atoms. The van der Waals surface area contributed by atoms with Crippen LogP contribution in [-0.2, 0) is 25.5 Å². The topological polar surface area (TPSA) is 60.4 Å². The van der Waals surface area contributed by atoms with E-state index >= 15 is 0 Å². The van der Waals surface area contributed by atoms with Crippen molar-refractivity contribution < 1.29 is 31.1 Å². The third kappa shape index (κ3) is 3.35. The van der Waals surface area contributed by atoms with Crippen molar-refractivity contribution in [1.82, 2.24) is 0 Å². The summed E-state index contributed by atoms with van der Waals surface area (Å²) in [5.41, 5.74) is -1.76. The SMILES string of the molecule is COC(=O)C12CCC(CS(=O)(=O)c3ccc(C(F)(F)F)cc3)(CC1)CC2. The molecule has 0 aromatic heterocycles. The molecule has 26 heavy (non-hydrogen) atoms. The van der Waals surface area contributed by atoms with Gasteiger partial charge in [-0.15, -0.1) is 0 Å². The van der Waals surface area contributed by atoms with E-state index in [-0.39, 0.29) is 16.6 Å². The number of fused-ring (bicyclic) bond motifs is 3. The van der Waals surface area contributed by atoms with E-state index in [1.807, 2.05) is 0 Å². The van der Waals surface area contributed by atoms with Gasteiger partial charge in [-0.25, -0.2) is 8.42 Å². The highest BCUT2D eigenvalue weighted by atomic mass is 32.2. The summed E-state index contributed by atoms with van der Waals surface area (Å²) < 4.78 is 68.3. The van der Waals surface area contributed by atoms with Crippen molar-refractivity contribution >= 4 is 15.8 Å². The van der Waals surface area contributed by atoms with E-state index in [9.17, 15) is 26.4 Å². The quantitative estimate of drug-likeness (QED) is 0.730. The third-order valence-electron chi connectivity index (χ3n) is 6.06. The average Bonchev–Trinajstić information content (AvgIpc) is 2.61. The van der Waals surface area contributed by atoms with Crippen LogP contribution in [-0.4, -0.2) is 27.2 Å². The van der Waals surface area contributed by atoms with E-state index in [1.54, 1.807) is 0 Å². The summed E-state index contributed by atoms with van der Waals surface area (Å²) in [5, 5.41) is 0. The van der Waals surface area contributed by atoms with Crippen LogP contribution in [0, 0.1) is 10.8 Å². The lowest BCUT2D eigenvalue weighted by Crippen LogP contribution is -2.48. The van der Waals surface area contributed by atoms with Gasteiger partial charge in [0, 0.05) is 0 Å². The second kappa shape index (κ2) is 6.25. The highest BCUT2D eigenvalue weighted by Crippen LogP contribution is 2.58. The molecule has 3 saturated carbocycles. The molecular formula is C18H21F3O4S. The number of benzene rings is 1. The fourth-order valence-corrected chi connectivity index (χ4v) is 6.30. The second-order valence-electron chi connectivity index (χ2n) is 7.55. The number of sulfone groups is 1. The lowest BCUT2D eigenvalue weighted by molar-refractivity contribution is -0.161. The van der Waals surface area contributed by atoms with Crippen molar-refractivity contribution in [2.75, 3.05) is 12.9 Å². The molecule has 1 aromatic rings. The maximum Gasteiger partial charge on any atom is 0.416 e. The van der Waals surface area contributed by atoms with Gasteiger partial charge >= 0.3 is 12.1 Å². The predicted octanol–water partition coefficient (Wildman–Crippen LogP) is 3.99. The summed E-state index contributed by atoms with van der Waals surface area (Å²) in [5.74, 6) is -0.320. The van der Waals surface area contributed by atoms with Gasteiger partial charge in [-0.1, -0.05) is 0 Å². The maximum atomic E-state index is 12.7. The Bertz CT molecular complexity index is 772. The molecule has 0 radical (unpaired) electrons. The van der Waals surface area contributed by atoms with Gasteiger partial charge in [0.15, 0.2) is 9.84 Å². The first kappa shape index (κ1) is 19.2. The number of methoxy groups -OCH3 is 1. The number of rotatable bonds is 4. The third-order valence-corrected chi connectivity index (χ3v) is 8.04. The fourth-order valence-electron chi connectivity index (χ4n) is 4.34. The van der Waals surface area contributed by atoms with Crippen LogP contribution >= 0.6 is 0 Å². The highest BCUT2D eigenvalue weighted by molar-refractivity contribution is 7.91. The molecule has 3 aliphatic rings. The average molecular weight is 390 g/mol.